The molecule has 3 heterocycles. The summed E-state index contributed by atoms with van der Waals surface area (Å²) in [6, 6.07) is 7.83. The lowest BCUT2D eigenvalue weighted by Crippen LogP contribution is -2.51. The number of rotatable bonds is 7. The summed E-state index contributed by atoms with van der Waals surface area (Å²) in [4.78, 5) is 43.8. The smallest absolute Gasteiger partial charge is 0.236 e. The second kappa shape index (κ2) is 11.3. The number of nitrogens with zero attached hydrogens (tertiary/aromatic N) is 4. The molecule has 0 saturated carbocycles. The molecule has 0 spiro atoms. The van der Waals surface area contributed by atoms with E-state index in [-0.39, 0.29) is 29.6 Å². The summed E-state index contributed by atoms with van der Waals surface area (Å²) in [5.74, 6) is 0.0692. The number of allylic oxidation sites excluding steroid dienone is 3. The number of carbonyl (C=O) groups is 3. The number of hydrogen-bond donors (Lipinski definition) is 2. The summed E-state index contributed by atoms with van der Waals surface area (Å²) in [5.41, 5.74) is 7.77. The highest BCUT2D eigenvalue weighted by Crippen LogP contribution is 2.24. The Balaban J connectivity index is 1.07. The number of ketones is 1. The third kappa shape index (κ3) is 5.72. The van der Waals surface area contributed by atoms with E-state index in [4.69, 9.17) is 0 Å². The first-order valence-corrected chi connectivity index (χ1v) is 13.5. The molecule has 3 aliphatic heterocycles. The van der Waals surface area contributed by atoms with E-state index < -0.39 is 0 Å². The van der Waals surface area contributed by atoms with E-state index in [9.17, 15) is 14.4 Å². The lowest BCUT2D eigenvalue weighted by Gasteiger charge is -2.36. The average molecular weight is 517 g/mol. The molecule has 2 fully saturated rings. The molecule has 1 aromatic carbocycles. The molecule has 2 amide bonds. The Morgan fingerprint density at radius 1 is 1.11 bits per heavy atom. The van der Waals surface area contributed by atoms with Crippen LogP contribution in [0.15, 0.2) is 64.9 Å². The van der Waals surface area contributed by atoms with Crippen LogP contribution in [-0.4, -0.2) is 85.0 Å². The SMILES string of the molecule is C/C=C\C1=NNC2CC=C(NC(=O)[C@@H]3CCN(CC(=O)N4CCN(c5ccc(C(C)=O)cc5)CC4)C3)C=C12. The van der Waals surface area contributed by atoms with Gasteiger partial charge in [0.1, 0.15) is 0 Å². The Kier molecular flexibility index (Phi) is 7.74. The van der Waals surface area contributed by atoms with E-state index in [0.29, 0.717) is 31.7 Å². The van der Waals surface area contributed by atoms with Gasteiger partial charge in [-0.05, 0) is 69.7 Å². The fourth-order valence-corrected chi connectivity index (χ4v) is 5.51. The van der Waals surface area contributed by atoms with Crippen LogP contribution in [0, 0.1) is 5.92 Å². The maximum atomic E-state index is 13.0. The number of Topliss-reactive ketones (excluding diaryl/α,β-unsaturated/α-hetero) is 1. The molecule has 38 heavy (non-hydrogen) atoms. The first kappa shape index (κ1) is 25.9. The van der Waals surface area contributed by atoms with Crippen molar-refractivity contribution >= 4 is 29.0 Å². The van der Waals surface area contributed by atoms with Gasteiger partial charge in [-0.25, -0.2) is 0 Å². The van der Waals surface area contributed by atoms with Gasteiger partial charge >= 0.3 is 0 Å². The number of amides is 2. The summed E-state index contributed by atoms with van der Waals surface area (Å²) in [5, 5.41) is 7.47. The highest BCUT2D eigenvalue weighted by molar-refractivity contribution is 6.11. The minimum Gasteiger partial charge on any atom is -0.368 e. The van der Waals surface area contributed by atoms with Gasteiger partial charge in [-0.15, -0.1) is 0 Å². The van der Waals surface area contributed by atoms with Crippen LogP contribution in [0.3, 0.4) is 0 Å². The first-order valence-electron chi connectivity index (χ1n) is 13.5. The topological polar surface area (TPSA) is 97.3 Å². The number of benzene rings is 1. The monoisotopic (exact) mass is 516 g/mol. The Bertz CT molecular complexity index is 1210. The van der Waals surface area contributed by atoms with E-state index in [2.05, 4.69) is 25.6 Å². The Morgan fingerprint density at radius 3 is 2.58 bits per heavy atom. The molecule has 200 valence electrons. The quantitative estimate of drug-likeness (QED) is 0.539. The van der Waals surface area contributed by atoms with Gasteiger partial charge in [-0.3, -0.25) is 19.3 Å². The molecule has 0 bridgehead atoms. The average Bonchev–Trinajstić information content (AvgIpc) is 3.56. The standard InChI is InChI=1S/C29H36N6O3/c1-3-4-26-25-17-23(7-10-27(25)32-31-26)30-29(38)22-11-12-33(18-22)19-28(37)35-15-13-34(14-16-35)24-8-5-21(6-9-24)20(2)36/h3-9,17,22,27,32H,10-16,18-19H2,1-2H3,(H,30,38)/b4-3-/t22-,27?/m1/s1. The van der Waals surface area contributed by atoms with Crippen molar-refractivity contribution in [2.24, 2.45) is 11.0 Å². The molecule has 0 aromatic heterocycles. The summed E-state index contributed by atoms with van der Waals surface area (Å²) in [6.07, 6.45) is 9.53. The van der Waals surface area contributed by atoms with Crippen LogP contribution < -0.4 is 15.6 Å². The minimum absolute atomic E-state index is 0.0152. The molecule has 9 heteroatoms. The number of anilines is 1. The van der Waals surface area contributed by atoms with Crippen LogP contribution in [0.4, 0.5) is 5.69 Å². The Hall–Kier alpha value is -3.72. The molecule has 4 aliphatic rings. The molecule has 9 nitrogen and oxygen atoms in total. The zero-order valence-corrected chi connectivity index (χ0v) is 22.2. The lowest BCUT2D eigenvalue weighted by atomic mass is 9.94. The highest BCUT2D eigenvalue weighted by Gasteiger charge is 2.32. The van der Waals surface area contributed by atoms with E-state index in [1.54, 1.807) is 6.92 Å². The summed E-state index contributed by atoms with van der Waals surface area (Å²) in [7, 11) is 0. The number of fused-ring (bicyclic) bond motifs is 1. The largest absolute Gasteiger partial charge is 0.368 e. The number of likely N-dealkylation sites (tertiary alicyclic amines) is 1. The van der Waals surface area contributed by atoms with Gasteiger partial charge in [0.05, 0.1) is 24.2 Å². The molecular weight excluding hydrogens is 480 g/mol. The molecule has 1 aromatic rings. The van der Waals surface area contributed by atoms with Crippen LogP contribution in [0.5, 0.6) is 0 Å². The fourth-order valence-electron chi connectivity index (χ4n) is 5.51. The van der Waals surface area contributed by atoms with Crippen molar-refractivity contribution in [3.8, 4) is 0 Å². The number of hydrogen-bond acceptors (Lipinski definition) is 7. The predicted octanol–water partition coefficient (Wildman–Crippen LogP) is 2.09. The van der Waals surface area contributed by atoms with Gasteiger partial charge in [0.15, 0.2) is 5.78 Å². The van der Waals surface area contributed by atoms with Gasteiger partial charge in [0, 0.05) is 55.2 Å². The van der Waals surface area contributed by atoms with Crippen molar-refractivity contribution in [3.05, 3.63) is 65.4 Å². The number of hydrazone groups is 1. The molecule has 2 atom stereocenters. The molecule has 5 rings (SSSR count). The number of carbonyl (C=O) groups excluding carboxylic acids is 3. The first-order chi connectivity index (χ1) is 18.4. The van der Waals surface area contributed by atoms with Gasteiger partial charge in [-0.2, -0.15) is 5.10 Å². The summed E-state index contributed by atoms with van der Waals surface area (Å²) < 4.78 is 0. The normalized spacial score (nSPS) is 23.5. The van der Waals surface area contributed by atoms with Crippen LogP contribution in [-0.2, 0) is 9.59 Å². The van der Waals surface area contributed by atoms with Crippen LogP contribution in [0.2, 0.25) is 0 Å². The van der Waals surface area contributed by atoms with Crippen LogP contribution >= 0.6 is 0 Å². The van der Waals surface area contributed by atoms with Gasteiger partial charge in [-0.1, -0.05) is 12.2 Å². The van der Waals surface area contributed by atoms with Gasteiger partial charge in [0.2, 0.25) is 11.8 Å². The van der Waals surface area contributed by atoms with E-state index >= 15 is 0 Å². The van der Waals surface area contributed by atoms with Crippen LogP contribution in [0.1, 0.15) is 37.0 Å². The van der Waals surface area contributed by atoms with E-state index in [1.165, 1.54) is 0 Å². The summed E-state index contributed by atoms with van der Waals surface area (Å²) >= 11 is 0. The zero-order valence-electron chi connectivity index (χ0n) is 22.2. The van der Waals surface area contributed by atoms with Crippen molar-refractivity contribution in [1.29, 1.82) is 0 Å². The van der Waals surface area contributed by atoms with Crippen molar-refractivity contribution in [1.82, 2.24) is 20.5 Å². The number of nitrogens with one attached hydrogen (secondary N) is 2. The fraction of sp³-hybridized carbons (Fsp3) is 0.448. The molecule has 1 unspecified atom stereocenters. The molecule has 1 aliphatic carbocycles. The third-order valence-electron chi connectivity index (χ3n) is 7.76. The third-order valence-corrected chi connectivity index (χ3v) is 7.76. The van der Waals surface area contributed by atoms with Crippen molar-refractivity contribution in [3.63, 3.8) is 0 Å². The lowest BCUT2D eigenvalue weighted by molar-refractivity contribution is -0.133. The second-order valence-corrected chi connectivity index (χ2v) is 10.4. The zero-order chi connectivity index (χ0) is 26.6. The van der Waals surface area contributed by atoms with E-state index in [1.807, 2.05) is 60.4 Å². The molecular formula is C29H36N6O3. The van der Waals surface area contributed by atoms with Gasteiger partial charge < -0.3 is 20.5 Å². The predicted molar refractivity (Wildman–Crippen MR) is 148 cm³/mol. The maximum absolute atomic E-state index is 13.0. The highest BCUT2D eigenvalue weighted by atomic mass is 16.2. The van der Waals surface area contributed by atoms with Gasteiger partial charge in [0.25, 0.3) is 0 Å². The van der Waals surface area contributed by atoms with Crippen molar-refractivity contribution in [2.45, 2.75) is 32.7 Å². The molecule has 2 N–H and O–H groups in total. The van der Waals surface area contributed by atoms with Crippen molar-refractivity contribution in [2.75, 3.05) is 50.7 Å². The maximum Gasteiger partial charge on any atom is 0.236 e. The number of piperazine rings is 1. The molecule has 2 saturated heterocycles. The summed E-state index contributed by atoms with van der Waals surface area (Å²) in [6.45, 7) is 8.08. The van der Waals surface area contributed by atoms with E-state index in [0.717, 1.165) is 55.1 Å². The Labute approximate surface area is 223 Å². The second-order valence-electron chi connectivity index (χ2n) is 10.4. The molecule has 0 radical (unpaired) electrons. The van der Waals surface area contributed by atoms with Crippen molar-refractivity contribution < 1.29 is 14.4 Å². The minimum atomic E-state index is -0.125. The Morgan fingerprint density at radius 2 is 1.87 bits per heavy atom. The van der Waals surface area contributed by atoms with Crippen LogP contribution in [0.25, 0.3) is 0 Å².